The standard InChI is InChI=1S/C15H23N3O3/c1-11(2)17-8-3-4-12(7-9-17)16-14-6-5-13(19)10-15(14)18(20)21/h5-6,10-12,16,19H,3-4,7-9H2,1-2H3. The monoisotopic (exact) mass is 293 g/mol. The fraction of sp³-hybridized carbons (Fsp3) is 0.600. The molecule has 1 saturated heterocycles. The number of nitro benzene ring substituents is 1. The van der Waals surface area contributed by atoms with Crippen molar-refractivity contribution in [3.8, 4) is 5.75 Å². The molecule has 0 aromatic heterocycles. The van der Waals surface area contributed by atoms with Gasteiger partial charge in [-0.1, -0.05) is 0 Å². The van der Waals surface area contributed by atoms with Crippen LogP contribution in [0.4, 0.5) is 11.4 Å². The van der Waals surface area contributed by atoms with Crippen molar-refractivity contribution >= 4 is 11.4 Å². The lowest BCUT2D eigenvalue weighted by molar-refractivity contribution is -0.384. The highest BCUT2D eigenvalue weighted by Crippen LogP contribution is 2.30. The van der Waals surface area contributed by atoms with Crippen LogP contribution >= 0.6 is 0 Å². The van der Waals surface area contributed by atoms with E-state index in [1.165, 1.54) is 12.1 Å². The van der Waals surface area contributed by atoms with Gasteiger partial charge in [-0.05, 0) is 51.8 Å². The van der Waals surface area contributed by atoms with E-state index < -0.39 is 4.92 Å². The quantitative estimate of drug-likeness (QED) is 0.507. The van der Waals surface area contributed by atoms with Crippen molar-refractivity contribution in [1.29, 1.82) is 0 Å². The first-order chi connectivity index (χ1) is 9.97. The van der Waals surface area contributed by atoms with E-state index in [4.69, 9.17) is 0 Å². The lowest BCUT2D eigenvalue weighted by atomic mass is 10.1. The summed E-state index contributed by atoms with van der Waals surface area (Å²) in [4.78, 5) is 13.0. The van der Waals surface area contributed by atoms with Crippen molar-refractivity contribution in [3.63, 3.8) is 0 Å². The summed E-state index contributed by atoms with van der Waals surface area (Å²) in [6, 6.07) is 5.02. The first-order valence-corrected chi connectivity index (χ1v) is 7.45. The maximum Gasteiger partial charge on any atom is 0.296 e. The van der Waals surface area contributed by atoms with Crippen molar-refractivity contribution in [1.82, 2.24) is 4.90 Å². The fourth-order valence-corrected chi connectivity index (χ4v) is 2.79. The highest BCUT2D eigenvalue weighted by Gasteiger charge is 2.21. The van der Waals surface area contributed by atoms with Gasteiger partial charge in [-0.3, -0.25) is 10.1 Å². The largest absolute Gasteiger partial charge is 0.508 e. The molecule has 0 amide bonds. The van der Waals surface area contributed by atoms with Gasteiger partial charge in [0.1, 0.15) is 11.4 Å². The number of nitrogens with zero attached hydrogens (tertiary/aromatic N) is 2. The van der Waals surface area contributed by atoms with Crippen LogP contribution < -0.4 is 5.32 Å². The van der Waals surface area contributed by atoms with Crippen LogP contribution in [0, 0.1) is 10.1 Å². The van der Waals surface area contributed by atoms with E-state index >= 15 is 0 Å². The number of aromatic hydroxyl groups is 1. The summed E-state index contributed by atoms with van der Waals surface area (Å²) < 4.78 is 0. The summed E-state index contributed by atoms with van der Waals surface area (Å²) in [6.07, 6.45) is 3.05. The number of phenols is 1. The molecule has 6 nitrogen and oxygen atoms in total. The highest BCUT2D eigenvalue weighted by molar-refractivity contribution is 5.64. The summed E-state index contributed by atoms with van der Waals surface area (Å²) in [6.45, 7) is 6.46. The number of rotatable bonds is 4. The predicted molar refractivity (Wildman–Crippen MR) is 82.7 cm³/mol. The minimum absolute atomic E-state index is 0.0695. The van der Waals surface area contributed by atoms with E-state index in [9.17, 15) is 15.2 Å². The predicted octanol–water partition coefficient (Wildman–Crippen LogP) is 2.98. The van der Waals surface area contributed by atoms with Gasteiger partial charge in [-0.25, -0.2) is 0 Å². The summed E-state index contributed by atoms with van der Waals surface area (Å²) in [5.74, 6) is -0.0842. The van der Waals surface area contributed by atoms with Crippen LogP contribution in [0.2, 0.25) is 0 Å². The molecule has 2 N–H and O–H groups in total. The molecule has 1 fully saturated rings. The van der Waals surface area contributed by atoms with Gasteiger partial charge < -0.3 is 15.3 Å². The molecule has 0 spiro atoms. The summed E-state index contributed by atoms with van der Waals surface area (Å²) in [7, 11) is 0. The second kappa shape index (κ2) is 6.76. The SMILES string of the molecule is CC(C)N1CCCC(Nc2ccc(O)cc2[N+](=O)[O-])CC1. The average Bonchev–Trinajstić information content (AvgIpc) is 2.66. The maximum atomic E-state index is 11.1. The van der Waals surface area contributed by atoms with E-state index in [1.807, 2.05) is 0 Å². The highest BCUT2D eigenvalue weighted by atomic mass is 16.6. The zero-order valence-electron chi connectivity index (χ0n) is 12.6. The molecular weight excluding hydrogens is 270 g/mol. The molecule has 1 heterocycles. The first kappa shape index (κ1) is 15.6. The van der Waals surface area contributed by atoms with Gasteiger partial charge in [0.15, 0.2) is 0 Å². The minimum atomic E-state index is -0.459. The number of nitrogens with one attached hydrogen (secondary N) is 1. The molecule has 1 unspecified atom stereocenters. The molecule has 0 radical (unpaired) electrons. The number of anilines is 1. The smallest absolute Gasteiger partial charge is 0.296 e. The van der Waals surface area contributed by atoms with Gasteiger partial charge in [-0.15, -0.1) is 0 Å². The van der Waals surface area contributed by atoms with Gasteiger partial charge in [0, 0.05) is 18.6 Å². The molecule has 1 aromatic carbocycles. The molecule has 1 aromatic rings. The van der Waals surface area contributed by atoms with Crippen molar-refractivity contribution in [2.75, 3.05) is 18.4 Å². The summed E-state index contributed by atoms with van der Waals surface area (Å²) >= 11 is 0. The maximum absolute atomic E-state index is 11.1. The lowest BCUT2D eigenvalue weighted by Gasteiger charge is -2.24. The normalized spacial score (nSPS) is 20.2. The average molecular weight is 293 g/mol. The summed E-state index contributed by atoms with van der Waals surface area (Å²) in [5, 5.41) is 23.7. The zero-order valence-corrected chi connectivity index (χ0v) is 12.6. The summed E-state index contributed by atoms with van der Waals surface area (Å²) in [5.41, 5.74) is 0.417. The van der Waals surface area contributed by atoms with Gasteiger partial charge in [0.05, 0.1) is 11.0 Å². The number of hydrogen-bond donors (Lipinski definition) is 2. The van der Waals surface area contributed by atoms with E-state index in [2.05, 4.69) is 24.1 Å². The molecule has 116 valence electrons. The molecule has 0 saturated carbocycles. The van der Waals surface area contributed by atoms with Crippen molar-refractivity contribution < 1.29 is 10.0 Å². The third-order valence-corrected chi connectivity index (χ3v) is 4.03. The van der Waals surface area contributed by atoms with Crippen LogP contribution in [0.15, 0.2) is 18.2 Å². The number of nitro groups is 1. The fourth-order valence-electron chi connectivity index (χ4n) is 2.79. The third kappa shape index (κ3) is 4.07. The third-order valence-electron chi connectivity index (χ3n) is 4.03. The van der Waals surface area contributed by atoms with Gasteiger partial charge in [-0.2, -0.15) is 0 Å². The second-order valence-electron chi connectivity index (χ2n) is 5.86. The van der Waals surface area contributed by atoms with Crippen LogP contribution in [0.1, 0.15) is 33.1 Å². The zero-order chi connectivity index (χ0) is 15.4. The Hall–Kier alpha value is -1.82. The van der Waals surface area contributed by atoms with Crippen LogP contribution in [0.25, 0.3) is 0 Å². The van der Waals surface area contributed by atoms with E-state index in [1.54, 1.807) is 6.07 Å². The molecule has 0 bridgehead atoms. The molecule has 1 atom stereocenters. The number of phenolic OH excluding ortho intramolecular Hbond substituents is 1. The Morgan fingerprint density at radius 1 is 1.38 bits per heavy atom. The Labute approximate surface area is 124 Å². The molecule has 1 aliphatic rings. The Balaban J connectivity index is 2.06. The van der Waals surface area contributed by atoms with Crippen LogP contribution in [0.5, 0.6) is 5.75 Å². The molecule has 0 aliphatic carbocycles. The second-order valence-corrected chi connectivity index (χ2v) is 5.86. The Bertz CT molecular complexity index is 505. The van der Waals surface area contributed by atoms with E-state index in [0.29, 0.717) is 11.7 Å². The number of hydrogen-bond acceptors (Lipinski definition) is 5. The van der Waals surface area contributed by atoms with Crippen molar-refractivity contribution in [2.45, 2.75) is 45.2 Å². The number of likely N-dealkylation sites (tertiary alicyclic amines) is 1. The molecule has 6 heteroatoms. The van der Waals surface area contributed by atoms with Gasteiger partial charge >= 0.3 is 0 Å². The first-order valence-electron chi connectivity index (χ1n) is 7.45. The Morgan fingerprint density at radius 2 is 2.14 bits per heavy atom. The molecule has 21 heavy (non-hydrogen) atoms. The van der Waals surface area contributed by atoms with E-state index in [0.717, 1.165) is 32.4 Å². The number of benzene rings is 1. The van der Waals surface area contributed by atoms with Crippen LogP contribution in [0.3, 0.4) is 0 Å². The van der Waals surface area contributed by atoms with Crippen molar-refractivity contribution in [3.05, 3.63) is 28.3 Å². The van der Waals surface area contributed by atoms with Crippen LogP contribution in [-0.4, -0.2) is 40.1 Å². The lowest BCUT2D eigenvalue weighted by Crippen LogP contribution is -2.32. The van der Waals surface area contributed by atoms with E-state index in [-0.39, 0.29) is 17.5 Å². The topological polar surface area (TPSA) is 78.6 Å². The molecule has 2 rings (SSSR count). The Kier molecular flexibility index (Phi) is 5.01. The van der Waals surface area contributed by atoms with Crippen LogP contribution in [-0.2, 0) is 0 Å². The van der Waals surface area contributed by atoms with Gasteiger partial charge in [0.25, 0.3) is 5.69 Å². The Morgan fingerprint density at radius 3 is 2.81 bits per heavy atom. The molecular formula is C15H23N3O3. The van der Waals surface area contributed by atoms with Crippen molar-refractivity contribution in [2.24, 2.45) is 0 Å². The molecule has 1 aliphatic heterocycles. The van der Waals surface area contributed by atoms with Gasteiger partial charge in [0.2, 0.25) is 0 Å². The minimum Gasteiger partial charge on any atom is -0.508 e.